The molecule has 1 heterocycles. The van der Waals surface area contributed by atoms with E-state index < -0.39 is 0 Å². The molecule has 0 aliphatic heterocycles. The molecule has 1 aromatic heterocycles. The van der Waals surface area contributed by atoms with Crippen LogP contribution in [0.2, 0.25) is 0 Å². The van der Waals surface area contributed by atoms with Crippen LogP contribution in [0.4, 0.5) is 0 Å². The third-order valence-electron chi connectivity index (χ3n) is 3.48. The molecule has 1 aromatic rings. The van der Waals surface area contributed by atoms with Crippen molar-refractivity contribution in [2.75, 3.05) is 13.1 Å². The summed E-state index contributed by atoms with van der Waals surface area (Å²) in [5.74, 6) is 0. The van der Waals surface area contributed by atoms with Crippen LogP contribution in [-0.4, -0.2) is 35.1 Å². The zero-order valence-electron chi connectivity index (χ0n) is 13.4. The lowest BCUT2D eigenvalue weighted by molar-refractivity contribution is 0.174. The van der Waals surface area contributed by atoms with Gasteiger partial charge < -0.3 is 5.32 Å². The second-order valence-electron chi connectivity index (χ2n) is 5.78. The molecule has 0 radical (unpaired) electrons. The Morgan fingerprint density at radius 3 is 2.11 bits per heavy atom. The van der Waals surface area contributed by atoms with Gasteiger partial charge in [-0.25, -0.2) is 4.98 Å². The van der Waals surface area contributed by atoms with Gasteiger partial charge in [-0.05, 0) is 48.5 Å². The molecule has 1 rings (SSSR count). The first-order chi connectivity index (χ1) is 8.82. The van der Waals surface area contributed by atoms with Crippen LogP contribution in [0, 0.1) is 13.8 Å². The first-order valence-electron chi connectivity index (χ1n) is 7.26. The van der Waals surface area contributed by atoms with Crippen LogP contribution in [0.25, 0.3) is 0 Å². The minimum absolute atomic E-state index is 0.396. The second-order valence-corrected chi connectivity index (χ2v) is 7.02. The van der Waals surface area contributed by atoms with Gasteiger partial charge >= 0.3 is 0 Å². The molecule has 0 bridgehead atoms. The number of rotatable bonds is 7. The van der Waals surface area contributed by atoms with Crippen molar-refractivity contribution in [3.63, 3.8) is 0 Å². The Labute approximate surface area is 122 Å². The molecule has 110 valence electrons. The van der Waals surface area contributed by atoms with Crippen LogP contribution < -0.4 is 5.32 Å². The molecule has 4 heteroatoms. The fourth-order valence-electron chi connectivity index (χ4n) is 2.56. The summed E-state index contributed by atoms with van der Waals surface area (Å²) in [4.78, 5) is 8.39. The van der Waals surface area contributed by atoms with Gasteiger partial charge in [0.2, 0.25) is 0 Å². The quantitative estimate of drug-likeness (QED) is 0.830. The van der Waals surface area contributed by atoms with E-state index in [9.17, 15) is 0 Å². The lowest BCUT2D eigenvalue weighted by atomic mass is 10.2. The van der Waals surface area contributed by atoms with E-state index >= 15 is 0 Å². The zero-order chi connectivity index (χ0) is 14.6. The lowest BCUT2D eigenvalue weighted by Gasteiger charge is -2.31. The van der Waals surface area contributed by atoms with Gasteiger partial charge in [-0.2, -0.15) is 0 Å². The molecule has 0 aliphatic rings. The maximum Gasteiger partial charge on any atom is 0.0900 e. The topological polar surface area (TPSA) is 28.2 Å². The van der Waals surface area contributed by atoms with Gasteiger partial charge in [0, 0.05) is 36.1 Å². The molecule has 1 unspecified atom stereocenters. The minimum atomic E-state index is 0.396. The van der Waals surface area contributed by atoms with Gasteiger partial charge in [-0.3, -0.25) is 4.90 Å². The summed E-state index contributed by atoms with van der Waals surface area (Å²) < 4.78 is 0. The van der Waals surface area contributed by atoms with E-state index in [-0.39, 0.29) is 0 Å². The van der Waals surface area contributed by atoms with Crippen LogP contribution in [0.5, 0.6) is 0 Å². The van der Waals surface area contributed by atoms with Crippen LogP contribution in [0.15, 0.2) is 0 Å². The third kappa shape index (κ3) is 4.86. The van der Waals surface area contributed by atoms with Gasteiger partial charge in [-0.15, -0.1) is 11.3 Å². The van der Waals surface area contributed by atoms with Crippen LogP contribution >= 0.6 is 11.3 Å². The SMILES string of the molecule is Cc1nc(C)c(C(C)NCCN(C(C)C)C(C)C)s1. The van der Waals surface area contributed by atoms with Crippen LogP contribution in [0.3, 0.4) is 0 Å². The standard InChI is InChI=1S/C15H29N3S/c1-10(2)18(11(3)4)9-8-16-12(5)15-13(6)17-14(7)19-15/h10-12,16H,8-9H2,1-7H3. The molecule has 0 aliphatic carbocycles. The normalized spacial score (nSPS) is 13.8. The molecule has 1 N–H and O–H groups in total. The van der Waals surface area contributed by atoms with Crippen molar-refractivity contribution in [3.05, 3.63) is 15.6 Å². The molecule has 3 nitrogen and oxygen atoms in total. The number of thiazole rings is 1. The molecule has 0 fully saturated rings. The smallest absolute Gasteiger partial charge is 0.0900 e. The van der Waals surface area contributed by atoms with Crippen LogP contribution in [0.1, 0.15) is 56.2 Å². The van der Waals surface area contributed by atoms with Gasteiger partial charge in [0.1, 0.15) is 0 Å². The summed E-state index contributed by atoms with van der Waals surface area (Å²) >= 11 is 1.81. The number of nitrogens with one attached hydrogen (secondary N) is 1. The molecule has 0 spiro atoms. The van der Waals surface area contributed by atoms with E-state index in [1.54, 1.807) is 11.3 Å². The number of nitrogens with zero attached hydrogens (tertiary/aromatic N) is 2. The Kier molecular flexibility index (Phi) is 6.43. The summed E-state index contributed by atoms with van der Waals surface area (Å²) in [6.07, 6.45) is 0. The Morgan fingerprint density at radius 2 is 1.68 bits per heavy atom. The molecular weight excluding hydrogens is 254 g/mol. The second kappa shape index (κ2) is 7.36. The van der Waals surface area contributed by atoms with Crippen molar-refractivity contribution >= 4 is 11.3 Å². The Balaban J connectivity index is 2.46. The predicted octanol–water partition coefficient (Wildman–Crippen LogP) is 3.53. The highest BCUT2D eigenvalue weighted by atomic mass is 32.1. The maximum atomic E-state index is 4.50. The van der Waals surface area contributed by atoms with Crippen molar-refractivity contribution in [1.82, 2.24) is 15.2 Å². The van der Waals surface area contributed by atoms with E-state index in [0.29, 0.717) is 18.1 Å². The van der Waals surface area contributed by atoms with Gasteiger partial charge in [-0.1, -0.05) is 0 Å². The molecule has 1 atom stereocenters. The highest BCUT2D eigenvalue weighted by molar-refractivity contribution is 7.11. The molecular formula is C15H29N3S. The fraction of sp³-hybridized carbons (Fsp3) is 0.800. The van der Waals surface area contributed by atoms with E-state index in [4.69, 9.17) is 0 Å². The average molecular weight is 283 g/mol. The van der Waals surface area contributed by atoms with Gasteiger partial charge in [0.05, 0.1) is 10.7 Å². The molecule has 19 heavy (non-hydrogen) atoms. The monoisotopic (exact) mass is 283 g/mol. The number of hydrogen-bond donors (Lipinski definition) is 1. The molecule has 0 saturated carbocycles. The van der Waals surface area contributed by atoms with Crippen molar-refractivity contribution in [3.8, 4) is 0 Å². The Bertz CT molecular complexity index is 377. The van der Waals surface area contributed by atoms with Gasteiger partial charge in [0.25, 0.3) is 0 Å². The third-order valence-corrected chi connectivity index (χ3v) is 4.74. The fourth-order valence-corrected chi connectivity index (χ4v) is 3.52. The minimum Gasteiger partial charge on any atom is -0.308 e. The first-order valence-corrected chi connectivity index (χ1v) is 8.07. The zero-order valence-corrected chi connectivity index (χ0v) is 14.3. The van der Waals surface area contributed by atoms with E-state index in [1.165, 1.54) is 10.6 Å². The van der Waals surface area contributed by atoms with E-state index in [1.807, 2.05) is 0 Å². The van der Waals surface area contributed by atoms with Crippen molar-refractivity contribution in [1.29, 1.82) is 0 Å². The number of aryl methyl sites for hydroxylation is 2. The summed E-state index contributed by atoms with van der Waals surface area (Å²) in [5.41, 5.74) is 1.17. The maximum absolute atomic E-state index is 4.50. The summed E-state index contributed by atoms with van der Waals surface area (Å²) in [5, 5.41) is 4.78. The number of aromatic nitrogens is 1. The molecule has 0 aromatic carbocycles. The summed E-state index contributed by atoms with van der Waals surface area (Å²) in [7, 11) is 0. The van der Waals surface area contributed by atoms with E-state index in [2.05, 4.69) is 63.7 Å². The summed E-state index contributed by atoms with van der Waals surface area (Å²) in [6, 6.07) is 1.60. The predicted molar refractivity (Wildman–Crippen MR) is 85.0 cm³/mol. The average Bonchev–Trinajstić information content (AvgIpc) is 2.62. The lowest BCUT2D eigenvalue weighted by Crippen LogP contribution is -2.41. The largest absolute Gasteiger partial charge is 0.308 e. The Hall–Kier alpha value is -0.450. The molecule has 0 amide bonds. The highest BCUT2D eigenvalue weighted by Crippen LogP contribution is 2.24. The number of hydrogen-bond acceptors (Lipinski definition) is 4. The highest BCUT2D eigenvalue weighted by Gasteiger charge is 2.15. The molecule has 0 saturated heterocycles. The van der Waals surface area contributed by atoms with Gasteiger partial charge in [0.15, 0.2) is 0 Å². The van der Waals surface area contributed by atoms with E-state index in [0.717, 1.165) is 18.1 Å². The Morgan fingerprint density at radius 1 is 1.11 bits per heavy atom. The van der Waals surface area contributed by atoms with Crippen LogP contribution in [-0.2, 0) is 0 Å². The van der Waals surface area contributed by atoms with Crippen molar-refractivity contribution < 1.29 is 0 Å². The first kappa shape index (κ1) is 16.6. The van der Waals surface area contributed by atoms with Crippen molar-refractivity contribution in [2.24, 2.45) is 0 Å². The van der Waals surface area contributed by atoms with Crippen molar-refractivity contribution in [2.45, 2.75) is 66.6 Å². The summed E-state index contributed by atoms with van der Waals surface area (Å²) in [6.45, 7) is 17.6.